The van der Waals surface area contributed by atoms with Crippen LogP contribution in [-0.2, 0) is 13.2 Å². The number of hydrogen-bond acceptors (Lipinski definition) is 3. The van der Waals surface area contributed by atoms with Crippen molar-refractivity contribution in [3.63, 3.8) is 0 Å². The largest absolute Gasteiger partial charge is 0.486 e. The summed E-state index contributed by atoms with van der Waals surface area (Å²) in [5, 5.41) is 9.29. The first-order valence-corrected chi connectivity index (χ1v) is 7.47. The zero-order valence-electron chi connectivity index (χ0n) is 12.0. The fourth-order valence-electron chi connectivity index (χ4n) is 2.14. The van der Waals surface area contributed by atoms with Crippen LogP contribution in [0.3, 0.4) is 0 Å². The summed E-state index contributed by atoms with van der Waals surface area (Å²) >= 11 is 3.30. The number of nitrogens with zero attached hydrogens (tertiary/aromatic N) is 2. The monoisotopic (exact) mass is 352 g/mol. The van der Waals surface area contributed by atoms with Crippen LogP contribution in [-0.4, -0.2) is 20.6 Å². The zero-order valence-corrected chi connectivity index (χ0v) is 13.6. The van der Waals surface area contributed by atoms with Crippen LogP contribution in [0.2, 0.25) is 0 Å². The maximum absolute atomic E-state index is 11.3. The van der Waals surface area contributed by atoms with E-state index in [9.17, 15) is 9.90 Å². The van der Waals surface area contributed by atoms with Crippen LogP contribution in [0.15, 0.2) is 29.1 Å². The number of rotatable bonds is 6. The van der Waals surface area contributed by atoms with Gasteiger partial charge < -0.3 is 14.4 Å². The van der Waals surface area contributed by atoms with Gasteiger partial charge in [-0.3, -0.25) is 0 Å². The predicted molar refractivity (Wildman–Crippen MR) is 82.7 cm³/mol. The minimum Gasteiger partial charge on any atom is -0.486 e. The molecule has 0 bridgehead atoms. The number of halogens is 1. The Kier molecular flexibility index (Phi) is 5.01. The molecular formula is C15H17BrN2O3. The van der Waals surface area contributed by atoms with E-state index in [0.29, 0.717) is 12.4 Å². The lowest BCUT2D eigenvalue weighted by molar-refractivity contribution is 0.0691. The topological polar surface area (TPSA) is 64.4 Å². The second-order valence-corrected chi connectivity index (χ2v) is 5.69. The number of carbonyl (C=O) groups is 1. The van der Waals surface area contributed by atoms with Gasteiger partial charge in [-0.1, -0.05) is 22.9 Å². The number of imidazole rings is 1. The summed E-state index contributed by atoms with van der Waals surface area (Å²) in [4.78, 5) is 15.4. The molecule has 2 rings (SSSR count). The number of hydrogen-bond donors (Lipinski definition) is 1. The number of aryl methyl sites for hydroxylation is 2. The molecule has 1 N–H and O–H groups in total. The van der Waals surface area contributed by atoms with Crippen LogP contribution in [0.25, 0.3) is 0 Å². The number of aromatic nitrogens is 2. The van der Waals surface area contributed by atoms with Crippen molar-refractivity contribution in [1.29, 1.82) is 0 Å². The molecule has 2 aromatic rings. The van der Waals surface area contributed by atoms with E-state index in [-0.39, 0.29) is 5.56 Å². The van der Waals surface area contributed by atoms with Crippen molar-refractivity contribution < 1.29 is 14.6 Å². The number of carboxylic acid groups (broad SMARTS) is 1. The van der Waals surface area contributed by atoms with Crippen LogP contribution in [0.1, 0.15) is 35.0 Å². The highest BCUT2D eigenvalue weighted by molar-refractivity contribution is 9.10. The van der Waals surface area contributed by atoms with Crippen molar-refractivity contribution in [3.8, 4) is 5.75 Å². The molecule has 1 heterocycles. The second kappa shape index (κ2) is 6.76. The summed E-state index contributed by atoms with van der Waals surface area (Å²) < 4.78 is 8.48. The summed E-state index contributed by atoms with van der Waals surface area (Å²) in [6.45, 7) is 5.08. The molecule has 112 valence electrons. The van der Waals surface area contributed by atoms with E-state index in [1.54, 1.807) is 18.6 Å². The van der Waals surface area contributed by atoms with Gasteiger partial charge in [0, 0.05) is 11.0 Å². The van der Waals surface area contributed by atoms with Gasteiger partial charge in [0.05, 0.1) is 18.2 Å². The molecule has 0 radical (unpaired) electrons. The van der Waals surface area contributed by atoms with Gasteiger partial charge in [-0.05, 0) is 31.0 Å². The second-order valence-electron chi connectivity index (χ2n) is 4.77. The fraction of sp³-hybridized carbons (Fsp3) is 0.333. The average Bonchev–Trinajstić information content (AvgIpc) is 2.85. The highest BCUT2D eigenvalue weighted by Gasteiger charge is 2.16. The third kappa shape index (κ3) is 3.64. The van der Waals surface area contributed by atoms with E-state index >= 15 is 0 Å². The van der Waals surface area contributed by atoms with E-state index in [0.717, 1.165) is 28.7 Å². The zero-order chi connectivity index (χ0) is 15.4. The van der Waals surface area contributed by atoms with Crippen molar-refractivity contribution >= 4 is 21.9 Å². The van der Waals surface area contributed by atoms with E-state index < -0.39 is 5.97 Å². The van der Waals surface area contributed by atoms with Crippen molar-refractivity contribution in [2.24, 2.45) is 0 Å². The average molecular weight is 353 g/mol. The van der Waals surface area contributed by atoms with Crippen LogP contribution in [0.4, 0.5) is 0 Å². The fourth-order valence-corrected chi connectivity index (χ4v) is 2.71. The van der Waals surface area contributed by atoms with Gasteiger partial charge in [0.25, 0.3) is 0 Å². The van der Waals surface area contributed by atoms with Crippen LogP contribution < -0.4 is 4.74 Å². The predicted octanol–water partition coefficient (Wildman–Crippen LogP) is 3.64. The standard InChI is InChI=1S/C15H17BrN2O3/c1-3-4-18-9-17-7-12(18)8-21-14-10(2)5-11(16)6-13(14)15(19)20/h5-7,9H,3-4,8H2,1-2H3,(H,19,20). The Balaban J connectivity index is 2.23. The Morgan fingerprint density at radius 1 is 1.48 bits per heavy atom. The maximum atomic E-state index is 11.3. The first-order valence-electron chi connectivity index (χ1n) is 6.68. The Bertz CT molecular complexity index is 652. The third-order valence-corrected chi connectivity index (χ3v) is 3.56. The number of benzene rings is 1. The van der Waals surface area contributed by atoms with Gasteiger partial charge >= 0.3 is 5.97 Å². The molecule has 0 saturated carbocycles. The highest BCUT2D eigenvalue weighted by atomic mass is 79.9. The highest BCUT2D eigenvalue weighted by Crippen LogP contribution is 2.28. The van der Waals surface area contributed by atoms with Gasteiger partial charge in [0.1, 0.15) is 17.9 Å². The van der Waals surface area contributed by atoms with Crippen molar-refractivity contribution in [2.45, 2.75) is 33.4 Å². The van der Waals surface area contributed by atoms with E-state index in [1.165, 1.54) is 0 Å². The number of carboxylic acids is 1. The molecule has 1 aromatic heterocycles. The molecule has 0 aliphatic rings. The third-order valence-electron chi connectivity index (χ3n) is 3.10. The van der Waals surface area contributed by atoms with Gasteiger partial charge in [-0.25, -0.2) is 9.78 Å². The lowest BCUT2D eigenvalue weighted by Gasteiger charge is -2.13. The molecule has 21 heavy (non-hydrogen) atoms. The SMILES string of the molecule is CCCn1cncc1COc1c(C)cc(Br)cc1C(=O)O. The number of ether oxygens (including phenoxy) is 1. The lowest BCUT2D eigenvalue weighted by Crippen LogP contribution is -2.08. The molecule has 0 unspecified atom stereocenters. The van der Waals surface area contributed by atoms with Gasteiger partial charge in [0.2, 0.25) is 0 Å². The van der Waals surface area contributed by atoms with Crippen molar-refractivity contribution in [2.75, 3.05) is 0 Å². The summed E-state index contributed by atoms with van der Waals surface area (Å²) in [6, 6.07) is 3.39. The van der Waals surface area contributed by atoms with Crippen molar-refractivity contribution in [1.82, 2.24) is 9.55 Å². The molecule has 0 amide bonds. The normalized spacial score (nSPS) is 10.6. The Labute approximate surface area is 131 Å². The Hall–Kier alpha value is -1.82. The molecule has 0 aliphatic heterocycles. The van der Waals surface area contributed by atoms with E-state index in [1.807, 2.05) is 17.6 Å². The minimum absolute atomic E-state index is 0.156. The molecule has 0 spiro atoms. The summed E-state index contributed by atoms with van der Waals surface area (Å²) in [5.74, 6) is -0.605. The smallest absolute Gasteiger partial charge is 0.339 e. The van der Waals surface area contributed by atoms with Crippen molar-refractivity contribution in [3.05, 3.63) is 46.0 Å². The van der Waals surface area contributed by atoms with Crippen LogP contribution >= 0.6 is 15.9 Å². The molecule has 6 heteroatoms. The number of aromatic carboxylic acids is 1. The quantitative estimate of drug-likeness (QED) is 0.861. The summed E-state index contributed by atoms with van der Waals surface area (Å²) in [6.07, 6.45) is 4.50. The maximum Gasteiger partial charge on any atom is 0.339 e. The van der Waals surface area contributed by atoms with Crippen LogP contribution in [0.5, 0.6) is 5.75 Å². The van der Waals surface area contributed by atoms with Gasteiger partial charge in [0.15, 0.2) is 0 Å². The molecule has 1 aromatic carbocycles. The molecule has 0 fully saturated rings. The summed E-state index contributed by atoms with van der Waals surface area (Å²) in [7, 11) is 0. The molecule has 0 saturated heterocycles. The Morgan fingerprint density at radius 2 is 2.24 bits per heavy atom. The van der Waals surface area contributed by atoms with E-state index in [2.05, 4.69) is 27.8 Å². The summed E-state index contributed by atoms with van der Waals surface area (Å²) in [5.41, 5.74) is 1.86. The van der Waals surface area contributed by atoms with E-state index in [4.69, 9.17) is 4.74 Å². The first kappa shape index (κ1) is 15.6. The molecular weight excluding hydrogens is 336 g/mol. The van der Waals surface area contributed by atoms with Crippen LogP contribution in [0, 0.1) is 6.92 Å². The van der Waals surface area contributed by atoms with Gasteiger partial charge in [-0.15, -0.1) is 0 Å². The minimum atomic E-state index is -1.00. The van der Waals surface area contributed by atoms with Gasteiger partial charge in [-0.2, -0.15) is 0 Å². The first-order chi connectivity index (χ1) is 10.0. The molecule has 5 nitrogen and oxygen atoms in total. The molecule has 0 aliphatic carbocycles. The lowest BCUT2D eigenvalue weighted by atomic mass is 10.1. The Morgan fingerprint density at radius 3 is 2.90 bits per heavy atom. The molecule has 0 atom stereocenters.